The molecule has 1 N–H and O–H groups in total. The van der Waals surface area contributed by atoms with Crippen LogP contribution in [-0.2, 0) is 9.59 Å². The van der Waals surface area contributed by atoms with Crippen molar-refractivity contribution < 1.29 is 19.1 Å². The lowest BCUT2D eigenvalue weighted by Gasteiger charge is -2.26. The van der Waals surface area contributed by atoms with E-state index >= 15 is 0 Å². The van der Waals surface area contributed by atoms with Crippen LogP contribution in [0.25, 0.3) is 0 Å². The number of benzene rings is 1. The number of halogens is 1. The maximum atomic E-state index is 13.7. The molecule has 1 aliphatic heterocycles. The van der Waals surface area contributed by atoms with Crippen molar-refractivity contribution in [3.8, 4) is 0 Å². The molecule has 1 atom stereocenters. The second-order valence-electron chi connectivity index (χ2n) is 6.09. The number of carbonyl (C=O) groups excluding carboxylic acids is 2. The zero-order valence-electron chi connectivity index (χ0n) is 13.8. The van der Waals surface area contributed by atoms with Crippen LogP contribution < -0.4 is 4.90 Å². The van der Waals surface area contributed by atoms with E-state index in [0.717, 1.165) is 0 Å². The van der Waals surface area contributed by atoms with Gasteiger partial charge in [-0.1, -0.05) is 26.0 Å². The Bertz CT molecular complexity index is 862. The Labute approximate surface area is 144 Å². The molecule has 0 bridgehead atoms. The summed E-state index contributed by atoms with van der Waals surface area (Å²) in [7, 11) is 0. The maximum Gasteiger partial charge on any atom is 0.294 e. The van der Waals surface area contributed by atoms with Crippen LogP contribution in [0.4, 0.5) is 10.1 Å². The smallest absolute Gasteiger partial charge is 0.294 e. The van der Waals surface area contributed by atoms with Gasteiger partial charge in [-0.25, -0.2) is 4.39 Å². The summed E-state index contributed by atoms with van der Waals surface area (Å²) in [6.07, 6.45) is 1.54. The van der Waals surface area contributed by atoms with Crippen LogP contribution in [0.1, 0.15) is 25.6 Å². The van der Waals surface area contributed by atoms with Gasteiger partial charge in [0, 0.05) is 17.8 Å². The lowest BCUT2D eigenvalue weighted by molar-refractivity contribution is -0.119. The van der Waals surface area contributed by atoms with Gasteiger partial charge in [0.1, 0.15) is 11.9 Å². The SMILES string of the molecule is CC(C)C(=O)C1=C(O)C(=O)N(c2cccc(F)c2)C1c1ccccn1. The highest BCUT2D eigenvalue weighted by molar-refractivity contribution is 6.16. The van der Waals surface area contributed by atoms with Gasteiger partial charge in [-0.05, 0) is 30.3 Å². The van der Waals surface area contributed by atoms with Gasteiger partial charge < -0.3 is 5.11 Å². The topological polar surface area (TPSA) is 70.5 Å². The molecule has 0 aliphatic carbocycles. The number of aliphatic hydroxyl groups is 1. The van der Waals surface area contributed by atoms with Gasteiger partial charge in [0.15, 0.2) is 11.5 Å². The van der Waals surface area contributed by atoms with Crippen LogP contribution in [-0.4, -0.2) is 21.8 Å². The molecule has 25 heavy (non-hydrogen) atoms. The largest absolute Gasteiger partial charge is 0.503 e. The predicted octanol–water partition coefficient (Wildman–Crippen LogP) is 3.35. The molecule has 2 heterocycles. The average Bonchev–Trinajstić information content (AvgIpc) is 2.86. The van der Waals surface area contributed by atoms with Crippen molar-refractivity contribution >= 4 is 17.4 Å². The van der Waals surface area contributed by atoms with Crippen molar-refractivity contribution in [1.29, 1.82) is 0 Å². The summed E-state index contributed by atoms with van der Waals surface area (Å²) >= 11 is 0. The van der Waals surface area contributed by atoms with E-state index in [1.54, 1.807) is 38.1 Å². The second kappa shape index (κ2) is 6.47. The molecular formula is C19H17FN2O3. The fourth-order valence-electron chi connectivity index (χ4n) is 2.88. The Morgan fingerprint density at radius 3 is 2.60 bits per heavy atom. The van der Waals surface area contributed by atoms with E-state index < -0.39 is 29.4 Å². The lowest BCUT2D eigenvalue weighted by atomic mass is 9.93. The molecule has 1 aliphatic rings. The monoisotopic (exact) mass is 340 g/mol. The molecule has 0 saturated heterocycles. The van der Waals surface area contributed by atoms with Crippen LogP contribution in [0, 0.1) is 11.7 Å². The summed E-state index contributed by atoms with van der Waals surface area (Å²) in [4.78, 5) is 30.7. The Balaban J connectivity index is 2.19. The molecule has 0 radical (unpaired) electrons. The third-order valence-corrected chi connectivity index (χ3v) is 4.05. The molecule has 1 unspecified atom stereocenters. The Kier molecular flexibility index (Phi) is 4.35. The number of carbonyl (C=O) groups is 2. The number of aromatic nitrogens is 1. The first kappa shape index (κ1) is 16.8. The van der Waals surface area contributed by atoms with Gasteiger partial charge in [0.25, 0.3) is 5.91 Å². The van der Waals surface area contributed by atoms with E-state index in [1.807, 2.05) is 0 Å². The molecule has 0 saturated carbocycles. The fourth-order valence-corrected chi connectivity index (χ4v) is 2.88. The van der Waals surface area contributed by atoms with Gasteiger partial charge in [0.05, 0.1) is 11.3 Å². The quantitative estimate of drug-likeness (QED) is 0.927. The molecule has 0 spiro atoms. The van der Waals surface area contributed by atoms with Gasteiger partial charge in [-0.2, -0.15) is 0 Å². The summed E-state index contributed by atoms with van der Waals surface area (Å²) in [5.41, 5.74) is 0.662. The minimum Gasteiger partial charge on any atom is -0.503 e. The van der Waals surface area contributed by atoms with Crippen molar-refractivity contribution in [3.63, 3.8) is 0 Å². The highest BCUT2D eigenvalue weighted by Crippen LogP contribution is 2.41. The van der Waals surface area contributed by atoms with Crippen LogP contribution in [0.3, 0.4) is 0 Å². The van der Waals surface area contributed by atoms with Crippen molar-refractivity contribution in [2.75, 3.05) is 4.90 Å². The van der Waals surface area contributed by atoms with Crippen LogP contribution in [0.15, 0.2) is 60.0 Å². The molecule has 3 rings (SSSR count). The van der Waals surface area contributed by atoms with Gasteiger partial charge in [-0.3, -0.25) is 19.5 Å². The number of Topliss-reactive ketones (excluding diaryl/α,β-unsaturated/α-hetero) is 1. The average molecular weight is 340 g/mol. The Morgan fingerprint density at radius 2 is 2.00 bits per heavy atom. The van der Waals surface area contributed by atoms with E-state index in [-0.39, 0.29) is 17.0 Å². The number of anilines is 1. The number of hydrogen-bond donors (Lipinski definition) is 1. The summed E-state index contributed by atoms with van der Waals surface area (Å²) in [5.74, 6) is -2.64. The minimum absolute atomic E-state index is 0.0111. The molecule has 2 aromatic rings. The summed E-state index contributed by atoms with van der Waals surface area (Å²) < 4.78 is 13.7. The van der Waals surface area contributed by atoms with E-state index in [1.165, 1.54) is 29.3 Å². The number of nitrogens with zero attached hydrogens (tertiary/aromatic N) is 2. The summed E-state index contributed by atoms with van der Waals surface area (Å²) in [6.45, 7) is 3.38. The zero-order valence-corrected chi connectivity index (χ0v) is 13.8. The molecule has 0 fully saturated rings. The number of amides is 1. The van der Waals surface area contributed by atoms with Crippen LogP contribution in [0.2, 0.25) is 0 Å². The molecule has 1 aromatic carbocycles. The van der Waals surface area contributed by atoms with Crippen molar-refractivity contribution in [2.24, 2.45) is 5.92 Å². The number of rotatable bonds is 4. The predicted molar refractivity (Wildman–Crippen MR) is 90.4 cm³/mol. The lowest BCUT2D eigenvalue weighted by Crippen LogP contribution is -2.32. The third kappa shape index (κ3) is 2.91. The van der Waals surface area contributed by atoms with E-state index in [9.17, 15) is 19.1 Å². The zero-order chi connectivity index (χ0) is 18.1. The molecule has 5 nitrogen and oxygen atoms in total. The van der Waals surface area contributed by atoms with E-state index in [4.69, 9.17) is 0 Å². The van der Waals surface area contributed by atoms with Crippen LogP contribution in [0.5, 0.6) is 0 Å². The molecule has 1 amide bonds. The first-order valence-electron chi connectivity index (χ1n) is 7.89. The summed E-state index contributed by atoms with van der Waals surface area (Å²) in [5, 5.41) is 10.4. The minimum atomic E-state index is -0.898. The van der Waals surface area contributed by atoms with E-state index in [0.29, 0.717) is 5.69 Å². The standard InChI is InChI=1S/C19H17FN2O3/c1-11(2)17(23)15-16(14-8-3-4-9-21-14)22(19(25)18(15)24)13-7-5-6-12(20)10-13/h3-11,16,24H,1-2H3. The van der Waals surface area contributed by atoms with Crippen molar-refractivity contribution in [1.82, 2.24) is 4.98 Å². The van der Waals surface area contributed by atoms with Crippen LogP contribution >= 0.6 is 0 Å². The van der Waals surface area contributed by atoms with Gasteiger partial charge in [-0.15, -0.1) is 0 Å². The normalized spacial score (nSPS) is 17.5. The number of hydrogen-bond acceptors (Lipinski definition) is 4. The molecule has 128 valence electrons. The van der Waals surface area contributed by atoms with Crippen molar-refractivity contribution in [2.45, 2.75) is 19.9 Å². The Hall–Kier alpha value is -3.02. The van der Waals surface area contributed by atoms with E-state index in [2.05, 4.69) is 4.98 Å². The second-order valence-corrected chi connectivity index (χ2v) is 6.09. The molecular weight excluding hydrogens is 323 g/mol. The van der Waals surface area contributed by atoms with Gasteiger partial charge in [0.2, 0.25) is 0 Å². The number of aliphatic hydroxyl groups excluding tert-OH is 1. The molecule has 6 heteroatoms. The number of pyridine rings is 1. The van der Waals surface area contributed by atoms with Gasteiger partial charge >= 0.3 is 0 Å². The highest BCUT2D eigenvalue weighted by Gasteiger charge is 2.45. The first-order valence-corrected chi connectivity index (χ1v) is 7.89. The first-order chi connectivity index (χ1) is 11.9. The number of ketones is 1. The highest BCUT2D eigenvalue weighted by atomic mass is 19.1. The summed E-state index contributed by atoms with van der Waals surface area (Å²) in [6, 6.07) is 9.65. The van der Waals surface area contributed by atoms with Crippen molar-refractivity contribution in [3.05, 3.63) is 71.5 Å². The molecule has 1 aromatic heterocycles. The Morgan fingerprint density at radius 1 is 1.24 bits per heavy atom. The fraction of sp³-hybridized carbons (Fsp3) is 0.211. The maximum absolute atomic E-state index is 13.7. The third-order valence-electron chi connectivity index (χ3n) is 4.05.